The molecule has 0 radical (unpaired) electrons. The molecule has 0 spiro atoms. The van der Waals surface area contributed by atoms with Crippen molar-refractivity contribution < 1.29 is 28.7 Å². The minimum Gasteiger partial charge on any atom is -0.494 e. The Morgan fingerprint density at radius 3 is 1.12 bits per heavy atom. The summed E-state index contributed by atoms with van der Waals surface area (Å²) in [5, 5.41) is 3.80. The van der Waals surface area contributed by atoms with Gasteiger partial charge in [0.25, 0.3) is 11.8 Å². The van der Waals surface area contributed by atoms with Crippen molar-refractivity contribution in [1.29, 1.82) is 0 Å². The van der Waals surface area contributed by atoms with Gasteiger partial charge in [-0.05, 0) is 87.4 Å². The van der Waals surface area contributed by atoms with Crippen molar-refractivity contribution in [3.63, 3.8) is 0 Å². The molecule has 4 aliphatic heterocycles. The van der Waals surface area contributed by atoms with Gasteiger partial charge in [0.05, 0.1) is 48.5 Å². The Kier molecular flexibility index (Phi) is 7.80. The van der Waals surface area contributed by atoms with Crippen molar-refractivity contribution in [1.82, 2.24) is 10.0 Å². The van der Waals surface area contributed by atoms with Crippen LogP contribution in [-0.2, 0) is 19.2 Å². The Morgan fingerprint density at radius 2 is 0.800 bits per heavy atom. The Balaban J connectivity index is 1.28. The monoisotopic (exact) mass is 670 g/mol. The van der Waals surface area contributed by atoms with Gasteiger partial charge in [0.2, 0.25) is 11.8 Å². The first-order chi connectivity index (χ1) is 24.2. The van der Waals surface area contributed by atoms with Crippen LogP contribution in [0.25, 0.3) is 0 Å². The van der Waals surface area contributed by atoms with Crippen LogP contribution in [0, 0.1) is 25.7 Å². The molecule has 50 heavy (non-hydrogen) atoms. The van der Waals surface area contributed by atoms with Gasteiger partial charge in [0.15, 0.2) is 0 Å². The maximum absolute atomic E-state index is 14.7. The van der Waals surface area contributed by atoms with Gasteiger partial charge >= 0.3 is 0 Å². The average molecular weight is 671 g/mol. The Hall–Kier alpha value is -5.32. The number of benzene rings is 4. The van der Waals surface area contributed by atoms with Gasteiger partial charge in [0.1, 0.15) is 23.6 Å². The van der Waals surface area contributed by atoms with E-state index in [4.69, 9.17) is 9.47 Å². The van der Waals surface area contributed by atoms with Crippen LogP contribution < -0.4 is 19.3 Å². The van der Waals surface area contributed by atoms with E-state index < -0.39 is 36.0 Å². The van der Waals surface area contributed by atoms with Gasteiger partial charge < -0.3 is 9.47 Å². The van der Waals surface area contributed by atoms with Gasteiger partial charge in [-0.2, -0.15) is 0 Å². The number of imide groups is 2. The lowest BCUT2D eigenvalue weighted by Crippen LogP contribution is -2.50. The number of hydrogen-bond donors (Lipinski definition) is 0. The number of hydrazine groups is 1. The second kappa shape index (κ2) is 12.2. The van der Waals surface area contributed by atoms with Crippen LogP contribution in [0.4, 0.5) is 11.4 Å². The maximum Gasteiger partial charge on any atom is 0.253 e. The molecule has 10 nitrogen and oxygen atoms in total. The van der Waals surface area contributed by atoms with E-state index in [9.17, 15) is 19.2 Å². The summed E-state index contributed by atoms with van der Waals surface area (Å²) in [6.45, 7) is 8.73. The molecule has 0 aliphatic carbocycles. The SMILES string of the molecule is CCOc1ccc(N2C(=O)[C@@H]3[C@@H](C2=O)N2[C@H](c4ccc(C)cc4)[C@@H]4C(=O)N(c5ccc(OCC)cc5)C(=O)[C@@H]4N2[C@@H]3c2ccc(C)cc2)cc1. The molecule has 0 unspecified atom stereocenters. The third-order valence-corrected chi connectivity index (χ3v) is 10.4. The summed E-state index contributed by atoms with van der Waals surface area (Å²) in [5.41, 5.74) is 4.57. The summed E-state index contributed by atoms with van der Waals surface area (Å²) in [6, 6.07) is 26.4. The summed E-state index contributed by atoms with van der Waals surface area (Å²) >= 11 is 0. The minimum absolute atomic E-state index is 0.344. The molecule has 4 aromatic carbocycles. The lowest BCUT2D eigenvalue weighted by molar-refractivity contribution is -0.136. The van der Waals surface area contributed by atoms with E-state index >= 15 is 0 Å². The van der Waals surface area contributed by atoms with Gasteiger partial charge in [0, 0.05) is 0 Å². The molecule has 0 bridgehead atoms. The number of ether oxygens (including phenoxy) is 2. The van der Waals surface area contributed by atoms with Crippen LogP contribution in [0.2, 0.25) is 0 Å². The molecule has 0 aromatic heterocycles. The number of aryl methyl sites for hydroxylation is 2. The first kappa shape index (κ1) is 31.9. The largest absolute Gasteiger partial charge is 0.494 e. The highest BCUT2D eigenvalue weighted by atomic mass is 16.5. The number of anilines is 2. The van der Waals surface area contributed by atoms with Crippen LogP contribution in [0.3, 0.4) is 0 Å². The maximum atomic E-state index is 14.7. The van der Waals surface area contributed by atoms with Gasteiger partial charge in [-0.1, -0.05) is 59.7 Å². The van der Waals surface area contributed by atoms with E-state index in [2.05, 4.69) is 0 Å². The molecule has 8 rings (SSSR count). The topological polar surface area (TPSA) is 99.7 Å². The third kappa shape index (κ3) is 4.77. The zero-order valence-electron chi connectivity index (χ0n) is 28.4. The first-order valence-corrected chi connectivity index (χ1v) is 17.1. The fraction of sp³-hybridized carbons (Fsp3) is 0.300. The van der Waals surface area contributed by atoms with E-state index in [1.165, 1.54) is 9.80 Å². The fourth-order valence-electron chi connectivity index (χ4n) is 8.25. The molecule has 4 saturated heterocycles. The summed E-state index contributed by atoms with van der Waals surface area (Å²) in [7, 11) is 0. The molecular weight excluding hydrogens is 632 g/mol. The Bertz CT molecular complexity index is 1830. The molecule has 254 valence electrons. The number of amides is 4. The second-order valence-corrected chi connectivity index (χ2v) is 13.3. The van der Waals surface area contributed by atoms with Crippen molar-refractivity contribution in [3.8, 4) is 11.5 Å². The Labute approximate surface area is 290 Å². The normalized spacial score (nSPS) is 26.1. The van der Waals surface area contributed by atoms with E-state index in [0.29, 0.717) is 36.1 Å². The van der Waals surface area contributed by atoms with Crippen LogP contribution >= 0.6 is 0 Å². The molecule has 4 fully saturated rings. The Morgan fingerprint density at radius 1 is 0.460 bits per heavy atom. The summed E-state index contributed by atoms with van der Waals surface area (Å²) in [4.78, 5) is 61.2. The predicted molar refractivity (Wildman–Crippen MR) is 186 cm³/mol. The van der Waals surface area contributed by atoms with Crippen molar-refractivity contribution in [2.24, 2.45) is 11.8 Å². The molecule has 4 heterocycles. The van der Waals surface area contributed by atoms with E-state index in [-0.39, 0.29) is 23.6 Å². The number of rotatable bonds is 8. The molecule has 0 saturated carbocycles. The van der Waals surface area contributed by atoms with Gasteiger partial charge in [-0.3, -0.25) is 19.2 Å². The average Bonchev–Trinajstić information content (AvgIpc) is 3.78. The smallest absolute Gasteiger partial charge is 0.253 e. The van der Waals surface area contributed by atoms with Crippen molar-refractivity contribution in [3.05, 3.63) is 119 Å². The number of carbonyl (C=O) groups excluding carboxylic acids is 4. The third-order valence-electron chi connectivity index (χ3n) is 10.4. The second-order valence-electron chi connectivity index (χ2n) is 13.3. The molecule has 0 N–H and O–H groups in total. The van der Waals surface area contributed by atoms with Crippen molar-refractivity contribution in [2.45, 2.75) is 51.9 Å². The molecule has 4 aromatic rings. The van der Waals surface area contributed by atoms with Crippen LogP contribution in [-0.4, -0.2) is 58.9 Å². The van der Waals surface area contributed by atoms with Gasteiger partial charge in [-0.25, -0.2) is 19.8 Å². The minimum atomic E-state index is -0.934. The molecule has 4 aliphatic rings. The zero-order valence-corrected chi connectivity index (χ0v) is 28.4. The quantitative estimate of drug-likeness (QED) is 0.225. The zero-order chi connectivity index (χ0) is 34.8. The van der Waals surface area contributed by atoms with Crippen LogP contribution in [0.15, 0.2) is 97.1 Å². The summed E-state index contributed by atoms with van der Waals surface area (Å²) in [5.74, 6) is -1.83. The lowest BCUT2D eigenvalue weighted by atomic mass is 9.84. The number of carbonyl (C=O) groups is 4. The van der Waals surface area contributed by atoms with Gasteiger partial charge in [-0.15, -0.1) is 0 Å². The molecule has 10 heteroatoms. The fourth-order valence-corrected chi connectivity index (χ4v) is 8.25. The number of fused-ring (bicyclic) bond motifs is 5. The predicted octanol–water partition coefficient (Wildman–Crippen LogP) is 5.55. The standard InChI is InChI=1S/C40H38N4O6/c1-5-49-29-19-15-27(16-20-29)41-37(45)31-33(25-11-7-23(3)8-12-25)44-36-32(34(43(44)35(31)39(41)47)26-13-9-24(4)10-14-26)38(46)42(40(36)48)28-17-21-30(22-18-28)50-6-2/h7-22,31-36H,5-6H2,1-4H3/t31-,32-,33+,34+,35-,36+/m0/s1. The first-order valence-electron chi connectivity index (χ1n) is 17.1. The highest BCUT2D eigenvalue weighted by molar-refractivity contribution is 6.26. The van der Waals surface area contributed by atoms with Crippen LogP contribution in [0.5, 0.6) is 11.5 Å². The highest BCUT2D eigenvalue weighted by Gasteiger charge is 2.73. The summed E-state index contributed by atoms with van der Waals surface area (Å²) < 4.78 is 11.2. The lowest BCUT2D eigenvalue weighted by Gasteiger charge is -2.35. The molecular formula is C40H38N4O6. The van der Waals surface area contributed by atoms with Crippen LogP contribution in [0.1, 0.15) is 48.2 Å². The summed E-state index contributed by atoms with van der Waals surface area (Å²) in [6.07, 6.45) is 0. The molecule has 4 amide bonds. The number of nitrogens with zero attached hydrogens (tertiary/aromatic N) is 4. The van der Waals surface area contributed by atoms with E-state index in [1.54, 1.807) is 48.5 Å². The van der Waals surface area contributed by atoms with Crippen molar-refractivity contribution >= 4 is 35.0 Å². The van der Waals surface area contributed by atoms with E-state index in [1.807, 2.05) is 86.2 Å². The van der Waals surface area contributed by atoms with E-state index in [0.717, 1.165) is 22.3 Å². The van der Waals surface area contributed by atoms with Crippen molar-refractivity contribution in [2.75, 3.05) is 23.0 Å². The molecule has 6 atom stereocenters. The highest BCUT2D eigenvalue weighted by Crippen LogP contribution is 2.59. The number of hydrogen-bond acceptors (Lipinski definition) is 8.